The highest BCUT2D eigenvalue weighted by Gasteiger charge is 2.13. The summed E-state index contributed by atoms with van der Waals surface area (Å²) in [5.74, 6) is 0.266. The maximum Gasteiger partial charge on any atom is 0.238 e. The van der Waals surface area contributed by atoms with E-state index in [0.717, 1.165) is 22.4 Å². The van der Waals surface area contributed by atoms with Gasteiger partial charge in [0.05, 0.1) is 11.9 Å². The van der Waals surface area contributed by atoms with Gasteiger partial charge in [0, 0.05) is 17.4 Å². The summed E-state index contributed by atoms with van der Waals surface area (Å²) in [5.41, 5.74) is 7.09. The molecule has 6 nitrogen and oxygen atoms in total. The summed E-state index contributed by atoms with van der Waals surface area (Å²) >= 11 is 0. The predicted octanol–water partition coefficient (Wildman–Crippen LogP) is 3.82. The van der Waals surface area contributed by atoms with Crippen LogP contribution in [-0.4, -0.2) is 27.5 Å². The number of fused-ring (bicyclic) bond motifs is 1. The van der Waals surface area contributed by atoms with Gasteiger partial charge in [-0.3, -0.25) is 4.99 Å². The molecular formula is C19H15N5O. The fourth-order valence-electron chi connectivity index (χ4n) is 2.55. The van der Waals surface area contributed by atoms with Crippen molar-refractivity contribution in [3.05, 3.63) is 71.4 Å². The van der Waals surface area contributed by atoms with Gasteiger partial charge < -0.3 is 10.1 Å². The largest absolute Gasteiger partial charge is 0.492 e. The molecule has 3 aromatic rings. The number of aromatic hydroxyl groups is 1. The number of aromatic nitrogens is 2. The number of aromatic amines is 1. The van der Waals surface area contributed by atoms with Crippen LogP contribution in [0.2, 0.25) is 0 Å². The number of nitrogens with one attached hydrogen (secondary N) is 2. The summed E-state index contributed by atoms with van der Waals surface area (Å²) in [4.78, 5) is 11.4. The van der Waals surface area contributed by atoms with Crippen molar-refractivity contribution in [1.82, 2.24) is 9.97 Å². The fraction of sp³-hybridized carbons (Fsp3) is 0. The molecule has 1 aliphatic heterocycles. The normalized spacial score (nSPS) is 14.3. The number of H-pyrrole nitrogens is 1. The van der Waals surface area contributed by atoms with E-state index < -0.39 is 0 Å². The van der Waals surface area contributed by atoms with Crippen molar-refractivity contribution in [3.8, 4) is 5.88 Å². The van der Waals surface area contributed by atoms with E-state index in [1.807, 2.05) is 60.7 Å². The van der Waals surface area contributed by atoms with Gasteiger partial charge in [0.2, 0.25) is 11.8 Å². The van der Waals surface area contributed by atoms with E-state index in [2.05, 4.69) is 25.5 Å². The summed E-state index contributed by atoms with van der Waals surface area (Å²) in [5, 5.41) is 14.1. The third-order valence-corrected chi connectivity index (χ3v) is 3.75. The zero-order valence-corrected chi connectivity index (χ0v) is 13.2. The van der Waals surface area contributed by atoms with E-state index in [4.69, 9.17) is 0 Å². The predicted molar refractivity (Wildman–Crippen MR) is 100 cm³/mol. The number of hydrogen-bond acceptors (Lipinski definition) is 5. The molecule has 25 heavy (non-hydrogen) atoms. The quantitative estimate of drug-likeness (QED) is 0.502. The average molecular weight is 329 g/mol. The molecular weight excluding hydrogens is 314 g/mol. The van der Waals surface area contributed by atoms with E-state index in [9.17, 15) is 5.11 Å². The highest BCUT2D eigenvalue weighted by Crippen LogP contribution is 2.33. The Morgan fingerprint density at radius 1 is 1.04 bits per heavy atom. The second kappa shape index (κ2) is 6.45. The molecule has 1 aromatic heterocycles. The van der Waals surface area contributed by atoms with Gasteiger partial charge in [0.25, 0.3) is 0 Å². The van der Waals surface area contributed by atoms with Crippen molar-refractivity contribution in [2.75, 3.05) is 5.43 Å². The summed E-state index contributed by atoms with van der Waals surface area (Å²) in [6.07, 6.45) is 5.26. The van der Waals surface area contributed by atoms with E-state index in [1.54, 1.807) is 12.4 Å². The zero-order valence-electron chi connectivity index (χ0n) is 13.2. The van der Waals surface area contributed by atoms with E-state index in [-0.39, 0.29) is 5.88 Å². The Balaban J connectivity index is 1.53. The van der Waals surface area contributed by atoms with E-state index >= 15 is 0 Å². The van der Waals surface area contributed by atoms with Crippen molar-refractivity contribution in [1.29, 1.82) is 0 Å². The number of hydrogen-bond donors (Lipinski definition) is 3. The number of benzene rings is 2. The zero-order chi connectivity index (χ0) is 17.1. The lowest BCUT2D eigenvalue weighted by atomic mass is 10.1. The standard InChI is InChI=1S/C19H15N5O/c25-18-17(10-14-12-20-16-9-5-4-8-15(14)16)22-19(23-18)24-21-11-13-6-2-1-3-7-13/h1-12,25H,(H2,22,23,24)/b14-10+,21-11?. The van der Waals surface area contributed by atoms with Gasteiger partial charge in [-0.1, -0.05) is 48.5 Å². The minimum Gasteiger partial charge on any atom is -0.492 e. The Morgan fingerprint density at radius 3 is 2.72 bits per heavy atom. The molecule has 0 bridgehead atoms. The minimum atomic E-state index is -0.0947. The minimum absolute atomic E-state index is 0.0947. The SMILES string of the molecule is Oc1nc(NN=Cc2ccccc2)[nH]c1/C=C1\C=Nc2ccccc21. The average Bonchev–Trinajstić information content (AvgIpc) is 3.20. The van der Waals surface area contributed by atoms with Crippen molar-refractivity contribution < 1.29 is 5.11 Å². The number of hydrazone groups is 1. The summed E-state index contributed by atoms with van der Waals surface area (Å²) in [7, 11) is 0. The highest BCUT2D eigenvalue weighted by atomic mass is 16.3. The number of allylic oxidation sites excluding steroid dienone is 1. The topological polar surface area (TPSA) is 85.7 Å². The molecule has 0 saturated carbocycles. The molecule has 122 valence electrons. The molecule has 2 heterocycles. The van der Waals surface area contributed by atoms with Crippen LogP contribution in [0.3, 0.4) is 0 Å². The van der Waals surface area contributed by atoms with Crippen molar-refractivity contribution in [3.63, 3.8) is 0 Å². The number of anilines is 1. The van der Waals surface area contributed by atoms with Gasteiger partial charge in [-0.05, 0) is 17.7 Å². The first-order valence-corrected chi connectivity index (χ1v) is 7.78. The molecule has 4 rings (SSSR count). The second-order valence-electron chi connectivity index (χ2n) is 5.48. The number of nitrogens with zero attached hydrogens (tertiary/aromatic N) is 3. The molecule has 0 spiro atoms. The van der Waals surface area contributed by atoms with Crippen LogP contribution in [0.15, 0.2) is 64.7 Å². The Bertz CT molecular complexity index is 986. The Labute approximate surface area is 144 Å². The lowest BCUT2D eigenvalue weighted by molar-refractivity contribution is 0.455. The third-order valence-electron chi connectivity index (χ3n) is 3.75. The highest BCUT2D eigenvalue weighted by molar-refractivity contribution is 6.21. The number of rotatable bonds is 4. The van der Waals surface area contributed by atoms with Gasteiger partial charge in [-0.25, -0.2) is 5.43 Å². The Kier molecular flexibility index (Phi) is 3.84. The molecule has 6 heteroatoms. The maximum absolute atomic E-state index is 10.0. The Morgan fingerprint density at radius 2 is 1.84 bits per heavy atom. The lowest BCUT2D eigenvalue weighted by Gasteiger charge is -1.98. The first-order valence-electron chi connectivity index (χ1n) is 7.78. The smallest absolute Gasteiger partial charge is 0.238 e. The molecule has 0 aliphatic carbocycles. The Hall–Kier alpha value is -3.67. The van der Waals surface area contributed by atoms with Crippen LogP contribution in [0.25, 0.3) is 11.6 Å². The fourth-order valence-corrected chi connectivity index (χ4v) is 2.55. The number of para-hydroxylation sites is 1. The van der Waals surface area contributed by atoms with Gasteiger partial charge in [0.15, 0.2) is 0 Å². The summed E-state index contributed by atoms with van der Waals surface area (Å²) in [6, 6.07) is 17.5. The van der Waals surface area contributed by atoms with Crippen LogP contribution in [-0.2, 0) is 0 Å². The van der Waals surface area contributed by atoms with Crippen molar-refractivity contribution in [2.24, 2.45) is 10.1 Å². The van der Waals surface area contributed by atoms with Gasteiger partial charge in [-0.15, -0.1) is 0 Å². The van der Waals surface area contributed by atoms with Crippen molar-refractivity contribution >= 4 is 35.7 Å². The lowest BCUT2D eigenvalue weighted by Crippen LogP contribution is -1.92. The summed E-state index contributed by atoms with van der Waals surface area (Å²) < 4.78 is 0. The molecule has 3 N–H and O–H groups in total. The van der Waals surface area contributed by atoms with E-state index in [0.29, 0.717) is 11.6 Å². The second-order valence-corrected chi connectivity index (χ2v) is 5.48. The first-order chi connectivity index (χ1) is 12.3. The number of imidazole rings is 1. The van der Waals surface area contributed by atoms with Crippen LogP contribution in [0.4, 0.5) is 11.6 Å². The van der Waals surface area contributed by atoms with Crippen LogP contribution in [0, 0.1) is 0 Å². The van der Waals surface area contributed by atoms with Crippen LogP contribution in [0.1, 0.15) is 16.8 Å². The molecule has 2 aromatic carbocycles. The third kappa shape index (κ3) is 3.18. The maximum atomic E-state index is 10.0. The van der Waals surface area contributed by atoms with E-state index in [1.165, 1.54) is 0 Å². The molecule has 0 atom stereocenters. The molecule has 1 aliphatic rings. The van der Waals surface area contributed by atoms with Crippen molar-refractivity contribution in [2.45, 2.75) is 0 Å². The number of aliphatic imine (C=N–C) groups is 1. The van der Waals surface area contributed by atoms with Crippen LogP contribution >= 0.6 is 0 Å². The molecule has 0 fully saturated rings. The van der Waals surface area contributed by atoms with Gasteiger partial charge in [0.1, 0.15) is 5.69 Å². The molecule has 0 radical (unpaired) electrons. The monoisotopic (exact) mass is 329 g/mol. The van der Waals surface area contributed by atoms with Crippen LogP contribution in [0.5, 0.6) is 5.88 Å². The van der Waals surface area contributed by atoms with Crippen LogP contribution < -0.4 is 5.43 Å². The van der Waals surface area contributed by atoms with Gasteiger partial charge >= 0.3 is 0 Å². The molecule has 0 amide bonds. The first kappa shape index (κ1) is 14.9. The van der Waals surface area contributed by atoms with Gasteiger partial charge in [-0.2, -0.15) is 10.1 Å². The molecule has 0 unspecified atom stereocenters. The summed E-state index contributed by atoms with van der Waals surface area (Å²) in [6.45, 7) is 0. The molecule has 0 saturated heterocycles.